The second kappa shape index (κ2) is 12.0. The van der Waals surface area contributed by atoms with Crippen molar-refractivity contribution >= 4 is 11.6 Å². The molecular formula is C25H32N3O4. The summed E-state index contributed by atoms with van der Waals surface area (Å²) in [5.41, 5.74) is 1.54. The van der Waals surface area contributed by atoms with Crippen LogP contribution < -0.4 is 9.64 Å². The van der Waals surface area contributed by atoms with E-state index >= 15 is 0 Å². The number of benzene rings is 2. The van der Waals surface area contributed by atoms with Crippen LogP contribution in [0.15, 0.2) is 48.5 Å². The van der Waals surface area contributed by atoms with Gasteiger partial charge in [0.25, 0.3) is 5.91 Å². The third kappa shape index (κ3) is 6.53. The van der Waals surface area contributed by atoms with Gasteiger partial charge in [-0.2, -0.15) is 0 Å². The molecule has 0 atom stereocenters. The Kier molecular flexibility index (Phi) is 8.50. The van der Waals surface area contributed by atoms with E-state index in [9.17, 15) is 4.79 Å². The molecule has 0 bridgehead atoms. The van der Waals surface area contributed by atoms with Gasteiger partial charge in [-0.05, 0) is 42.5 Å². The van der Waals surface area contributed by atoms with Crippen molar-refractivity contribution in [1.82, 2.24) is 9.80 Å². The van der Waals surface area contributed by atoms with Crippen molar-refractivity contribution in [3.8, 4) is 5.75 Å². The Morgan fingerprint density at radius 1 is 0.875 bits per heavy atom. The first-order chi connectivity index (χ1) is 15.8. The van der Waals surface area contributed by atoms with Gasteiger partial charge in [-0.15, -0.1) is 0 Å². The van der Waals surface area contributed by atoms with Gasteiger partial charge >= 0.3 is 0 Å². The number of rotatable bonds is 9. The Hall–Kier alpha value is -2.45. The van der Waals surface area contributed by atoms with Gasteiger partial charge in [-0.1, -0.05) is 12.1 Å². The van der Waals surface area contributed by atoms with Crippen molar-refractivity contribution < 1.29 is 19.0 Å². The molecule has 0 aromatic heterocycles. The van der Waals surface area contributed by atoms with Crippen LogP contribution in [-0.2, 0) is 9.47 Å². The Labute approximate surface area is 190 Å². The number of carbonyl (C=O) groups is 1. The molecule has 2 saturated heterocycles. The first-order valence-corrected chi connectivity index (χ1v) is 11.4. The highest BCUT2D eigenvalue weighted by molar-refractivity contribution is 6.06. The van der Waals surface area contributed by atoms with Gasteiger partial charge in [0.1, 0.15) is 12.4 Å². The Balaban J connectivity index is 1.38. The third-order valence-electron chi connectivity index (χ3n) is 5.88. The maximum absolute atomic E-state index is 13.3. The van der Waals surface area contributed by atoms with Gasteiger partial charge in [0, 0.05) is 57.1 Å². The highest BCUT2D eigenvalue weighted by Crippen LogP contribution is 2.22. The maximum atomic E-state index is 13.3. The van der Waals surface area contributed by atoms with Gasteiger partial charge in [-0.3, -0.25) is 14.6 Å². The Bertz CT molecular complexity index is 819. The monoisotopic (exact) mass is 438 g/mol. The van der Waals surface area contributed by atoms with Crippen molar-refractivity contribution in [2.45, 2.75) is 0 Å². The molecule has 2 aliphatic heterocycles. The molecular weight excluding hydrogens is 406 g/mol. The van der Waals surface area contributed by atoms with Crippen LogP contribution >= 0.6 is 0 Å². The van der Waals surface area contributed by atoms with Crippen LogP contribution in [0.3, 0.4) is 0 Å². The molecule has 171 valence electrons. The molecule has 0 N–H and O–H groups in total. The number of hydrogen-bond acceptors (Lipinski definition) is 6. The molecule has 2 aliphatic rings. The zero-order valence-corrected chi connectivity index (χ0v) is 18.6. The predicted octanol–water partition coefficient (Wildman–Crippen LogP) is 2.18. The number of nitrogens with zero attached hydrogens (tertiary/aromatic N) is 3. The van der Waals surface area contributed by atoms with Crippen molar-refractivity contribution in [2.24, 2.45) is 0 Å². The number of anilines is 1. The minimum Gasteiger partial charge on any atom is -0.492 e. The molecule has 0 spiro atoms. The van der Waals surface area contributed by atoms with E-state index in [1.54, 1.807) is 12.1 Å². The van der Waals surface area contributed by atoms with Crippen LogP contribution in [0, 0.1) is 6.07 Å². The minimum absolute atomic E-state index is 0.00625. The summed E-state index contributed by atoms with van der Waals surface area (Å²) in [6, 6.07) is 18.0. The normalized spacial score (nSPS) is 17.8. The van der Waals surface area contributed by atoms with Crippen LogP contribution in [0.1, 0.15) is 10.4 Å². The van der Waals surface area contributed by atoms with Gasteiger partial charge in [0.15, 0.2) is 0 Å². The summed E-state index contributed by atoms with van der Waals surface area (Å²) in [7, 11) is 0. The lowest BCUT2D eigenvalue weighted by atomic mass is 10.1. The average Bonchev–Trinajstić information content (AvgIpc) is 2.87. The van der Waals surface area contributed by atoms with Crippen molar-refractivity contribution in [1.29, 1.82) is 0 Å². The number of hydrogen-bond donors (Lipinski definition) is 0. The van der Waals surface area contributed by atoms with Crippen LogP contribution in [0.25, 0.3) is 0 Å². The molecule has 32 heavy (non-hydrogen) atoms. The smallest absolute Gasteiger partial charge is 0.258 e. The molecule has 0 unspecified atom stereocenters. The van der Waals surface area contributed by atoms with E-state index in [4.69, 9.17) is 14.2 Å². The molecule has 2 aromatic carbocycles. The van der Waals surface area contributed by atoms with Gasteiger partial charge in [0.05, 0.1) is 26.4 Å². The van der Waals surface area contributed by atoms with Gasteiger partial charge in [-0.25, -0.2) is 0 Å². The third-order valence-corrected chi connectivity index (χ3v) is 5.88. The van der Waals surface area contributed by atoms with E-state index in [0.717, 1.165) is 77.1 Å². The van der Waals surface area contributed by atoms with E-state index in [0.29, 0.717) is 18.7 Å². The van der Waals surface area contributed by atoms with E-state index in [-0.39, 0.29) is 5.91 Å². The molecule has 0 saturated carbocycles. The maximum Gasteiger partial charge on any atom is 0.258 e. The predicted molar refractivity (Wildman–Crippen MR) is 123 cm³/mol. The van der Waals surface area contributed by atoms with Crippen molar-refractivity contribution in [2.75, 3.05) is 83.7 Å². The van der Waals surface area contributed by atoms with Gasteiger partial charge < -0.3 is 19.1 Å². The van der Waals surface area contributed by atoms with Crippen LogP contribution in [0.4, 0.5) is 5.69 Å². The molecule has 1 amide bonds. The van der Waals surface area contributed by atoms with Gasteiger partial charge in [0.2, 0.25) is 0 Å². The lowest BCUT2D eigenvalue weighted by Gasteiger charge is -2.30. The summed E-state index contributed by atoms with van der Waals surface area (Å²) in [5, 5.41) is 0. The summed E-state index contributed by atoms with van der Waals surface area (Å²) in [5.74, 6) is 0.810. The zero-order chi connectivity index (χ0) is 22.0. The molecule has 7 heteroatoms. The molecule has 2 heterocycles. The highest BCUT2D eigenvalue weighted by Gasteiger charge is 2.20. The van der Waals surface area contributed by atoms with E-state index < -0.39 is 0 Å². The largest absolute Gasteiger partial charge is 0.492 e. The molecule has 0 aliphatic carbocycles. The van der Waals surface area contributed by atoms with E-state index in [1.165, 1.54) is 0 Å². The first kappa shape index (κ1) is 22.7. The number of ether oxygens (including phenoxy) is 3. The Morgan fingerprint density at radius 2 is 1.47 bits per heavy atom. The molecule has 2 fully saturated rings. The number of carbonyl (C=O) groups excluding carboxylic acids is 1. The molecule has 2 aromatic rings. The van der Waals surface area contributed by atoms with Crippen molar-refractivity contribution in [3.05, 3.63) is 60.2 Å². The van der Waals surface area contributed by atoms with Crippen molar-refractivity contribution in [3.63, 3.8) is 0 Å². The molecule has 1 radical (unpaired) electrons. The minimum atomic E-state index is -0.00625. The highest BCUT2D eigenvalue weighted by atomic mass is 16.5. The number of morpholine rings is 2. The summed E-state index contributed by atoms with van der Waals surface area (Å²) in [4.78, 5) is 19.8. The Morgan fingerprint density at radius 3 is 2.09 bits per heavy atom. The van der Waals surface area contributed by atoms with Crippen LogP contribution in [0.5, 0.6) is 5.75 Å². The average molecular weight is 439 g/mol. The zero-order valence-electron chi connectivity index (χ0n) is 18.6. The lowest BCUT2D eigenvalue weighted by molar-refractivity contribution is 0.0322. The second-order valence-electron chi connectivity index (χ2n) is 8.00. The van der Waals surface area contributed by atoms with Crippen LogP contribution in [0.2, 0.25) is 0 Å². The summed E-state index contributed by atoms with van der Waals surface area (Å²) < 4.78 is 16.8. The van der Waals surface area contributed by atoms with E-state index in [1.807, 2.05) is 41.3 Å². The lowest BCUT2D eigenvalue weighted by Crippen LogP contribution is -2.43. The SMILES string of the molecule is O=C(c1cc[c]cc1)N(CCN1CCOCC1)c1ccc(OCCN2CCOCC2)cc1. The fraction of sp³-hybridized carbons (Fsp3) is 0.480. The summed E-state index contributed by atoms with van der Waals surface area (Å²) in [6.45, 7) is 9.76. The standard InChI is InChI=1S/C25H32N3O4/c29-25(22-4-2-1-3-5-22)28(11-10-26-12-17-30-18-13-26)23-6-8-24(9-7-23)32-21-16-27-14-19-31-20-15-27/h2-9H,10-21H2. The first-order valence-electron chi connectivity index (χ1n) is 11.4. The number of amides is 1. The topological polar surface area (TPSA) is 54.5 Å². The molecule has 7 nitrogen and oxygen atoms in total. The fourth-order valence-corrected chi connectivity index (χ4v) is 3.94. The second-order valence-corrected chi connectivity index (χ2v) is 8.00. The summed E-state index contributed by atoms with van der Waals surface area (Å²) >= 11 is 0. The fourth-order valence-electron chi connectivity index (χ4n) is 3.94. The van der Waals surface area contributed by atoms with Crippen LogP contribution in [-0.4, -0.2) is 94.6 Å². The van der Waals surface area contributed by atoms with E-state index in [2.05, 4.69) is 15.9 Å². The quantitative estimate of drug-likeness (QED) is 0.598. The summed E-state index contributed by atoms with van der Waals surface area (Å²) in [6.07, 6.45) is 0. The molecule has 4 rings (SSSR count).